The van der Waals surface area contributed by atoms with Crippen molar-refractivity contribution in [1.29, 1.82) is 0 Å². The van der Waals surface area contributed by atoms with Gasteiger partial charge in [0.1, 0.15) is 6.61 Å². The highest BCUT2D eigenvalue weighted by Gasteiger charge is 2.35. The first-order valence-electron chi connectivity index (χ1n) is 11.6. The number of carbonyl (C=O) groups excluding carboxylic acids is 2. The zero-order chi connectivity index (χ0) is 24.1. The van der Waals surface area contributed by atoms with Crippen molar-refractivity contribution in [2.24, 2.45) is 11.8 Å². The van der Waals surface area contributed by atoms with E-state index in [9.17, 15) is 19.5 Å². The van der Waals surface area contributed by atoms with Gasteiger partial charge in [0.25, 0.3) is 0 Å². The molecule has 34 heavy (non-hydrogen) atoms. The van der Waals surface area contributed by atoms with Crippen molar-refractivity contribution in [2.75, 3.05) is 26.9 Å². The lowest BCUT2D eigenvalue weighted by molar-refractivity contribution is -0.144. The number of hydrogen-bond donors (Lipinski definition) is 3. The Morgan fingerprint density at radius 2 is 1.68 bits per heavy atom. The first-order chi connectivity index (χ1) is 16.5. The van der Waals surface area contributed by atoms with Gasteiger partial charge in [-0.3, -0.25) is 4.79 Å². The van der Waals surface area contributed by atoms with Gasteiger partial charge in [0, 0.05) is 25.5 Å². The quantitative estimate of drug-likeness (QED) is 0.523. The van der Waals surface area contributed by atoms with E-state index in [-0.39, 0.29) is 36.9 Å². The third-order valence-electron chi connectivity index (χ3n) is 6.80. The van der Waals surface area contributed by atoms with Crippen LogP contribution in [0.25, 0.3) is 11.1 Å². The van der Waals surface area contributed by atoms with Crippen LogP contribution in [-0.4, -0.2) is 56.0 Å². The summed E-state index contributed by atoms with van der Waals surface area (Å²) in [4.78, 5) is 36.4. The van der Waals surface area contributed by atoms with Gasteiger partial charge >= 0.3 is 12.1 Å². The van der Waals surface area contributed by atoms with Crippen LogP contribution in [0.2, 0.25) is 0 Å². The Morgan fingerprint density at radius 3 is 2.29 bits per heavy atom. The Kier molecular flexibility index (Phi) is 7.47. The van der Waals surface area contributed by atoms with E-state index in [1.54, 1.807) is 0 Å². The molecule has 0 saturated heterocycles. The highest BCUT2D eigenvalue weighted by molar-refractivity contribution is 5.85. The van der Waals surface area contributed by atoms with Gasteiger partial charge in [0.15, 0.2) is 6.04 Å². The fourth-order valence-electron chi connectivity index (χ4n) is 5.11. The number of alkyl carbamates (subject to hydrolysis) is 1. The molecule has 2 aromatic rings. The summed E-state index contributed by atoms with van der Waals surface area (Å²) < 4.78 is 10.5. The fourth-order valence-corrected chi connectivity index (χ4v) is 5.11. The second-order valence-corrected chi connectivity index (χ2v) is 8.86. The summed E-state index contributed by atoms with van der Waals surface area (Å²) in [6.45, 7) is 0.430. The molecule has 0 aliphatic heterocycles. The third kappa shape index (κ3) is 5.07. The summed E-state index contributed by atoms with van der Waals surface area (Å²) in [6.07, 6.45) is 1.76. The van der Waals surface area contributed by atoms with Gasteiger partial charge in [-0.15, -0.1) is 0 Å². The van der Waals surface area contributed by atoms with E-state index in [1.807, 2.05) is 24.3 Å². The number of amides is 2. The molecule has 0 bridgehead atoms. The number of nitrogens with one attached hydrogen (secondary N) is 2. The minimum absolute atomic E-state index is 0.0168. The molecule has 0 aromatic heterocycles. The maximum Gasteiger partial charge on any atom is 0.407 e. The molecular weight excluding hydrogens is 436 g/mol. The van der Waals surface area contributed by atoms with Crippen LogP contribution in [0.3, 0.4) is 0 Å². The van der Waals surface area contributed by atoms with Crippen molar-refractivity contribution in [2.45, 2.75) is 31.2 Å². The molecule has 2 aromatic carbocycles. The fraction of sp³-hybridized carbons (Fsp3) is 0.423. The minimum atomic E-state index is -1.14. The number of carbonyl (C=O) groups is 3. The molecule has 4 rings (SSSR count). The van der Waals surface area contributed by atoms with Crippen molar-refractivity contribution in [3.63, 3.8) is 0 Å². The van der Waals surface area contributed by atoms with Crippen LogP contribution in [-0.2, 0) is 19.1 Å². The molecule has 0 spiro atoms. The van der Waals surface area contributed by atoms with E-state index >= 15 is 0 Å². The normalized spacial score (nSPS) is 19.7. The molecular formula is C26H30N2O6. The highest BCUT2D eigenvalue weighted by Crippen LogP contribution is 2.44. The number of hydrogen-bond acceptors (Lipinski definition) is 5. The number of ether oxygens (including phenoxy) is 2. The van der Waals surface area contributed by atoms with Gasteiger partial charge in [0.05, 0.1) is 6.61 Å². The van der Waals surface area contributed by atoms with E-state index in [1.165, 1.54) is 18.2 Å². The lowest BCUT2D eigenvalue weighted by atomic mass is 9.95. The molecule has 0 heterocycles. The van der Waals surface area contributed by atoms with Crippen molar-refractivity contribution >= 4 is 18.0 Å². The molecule has 2 aliphatic rings. The molecule has 3 atom stereocenters. The summed E-state index contributed by atoms with van der Waals surface area (Å²) in [5, 5.41) is 14.6. The first kappa shape index (κ1) is 23.8. The van der Waals surface area contributed by atoms with Gasteiger partial charge in [-0.2, -0.15) is 0 Å². The first-order valence-corrected chi connectivity index (χ1v) is 11.6. The van der Waals surface area contributed by atoms with E-state index in [0.717, 1.165) is 24.0 Å². The zero-order valence-corrected chi connectivity index (χ0v) is 19.2. The van der Waals surface area contributed by atoms with E-state index in [2.05, 4.69) is 34.9 Å². The van der Waals surface area contributed by atoms with E-state index in [0.29, 0.717) is 13.0 Å². The van der Waals surface area contributed by atoms with Crippen molar-refractivity contribution in [3.05, 3.63) is 59.7 Å². The lowest BCUT2D eigenvalue weighted by Crippen LogP contribution is -2.47. The predicted molar refractivity (Wildman–Crippen MR) is 125 cm³/mol. The molecule has 1 saturated carbocycles. The van der Waals surface area contributed by atoms with Gasteiger partial charge < -0.3 is 25.2 Å². The molecule has 3 N–H and O–H groups in total. The summed E-state index contributed by atoms with van der Waals surface area (Å²) in [6, 6.07) is 15.2. The average molecular weight is 467 g/mol. The van der Waals surface area contributed by atoms with Crippen LogP contribution in [0.4, 0.5) is 4.79 Å². The van der Waals surface area contributed by atoms with E-state index < -0.39 is 18.1 Å². The third-order valence-corrected chi connectivity index (χ3v) is 6.80. The topological polar surface area (TPSA) is 114 Å². The zero-order valence-electron chi connectivity index (χ0n) is 19.2. The SMILES string of the molecule is COC[C@H](NC(=O)[C@@H]1CCC[C@@H]1CNC(=O)OCC1c2ccccc2-c2ccccc21)C(=O)O. The van der Waals surface area contributed by atoms with Gasteiger partial charge in [-0.1, -0.05) is 55.0 Å². The summed E-state index contributed by atoms with van der Waals surface area (Å²) in [7, 11) is 1.39. The Bertz CT molecular complexity index is 1010. The van der Waals surface area contributed by atoms with Crippen molar-refractivity contribution in [1.82, 2.24) is 10.6 Å². The number of aliphatic carboxylic acids is 1. The van der Waals surface area contributed by atoms with E-state index in [4.69, 9.17) is 9.47 Å². The smallest absolute Gasteiger partial charge is 0.407 e. The summed E-state index contributed by atoms with van der Waals surface area (Å²) in [5.74, 6) is -1.90. The standard InChI is InChI=1S/C26H30N2O6/c1-33-15-23(25(30)31)28-24(29)17-12-6-7-16(17)13-27-26(32)34-14-22-20-10-4-2-8-18(20)19-9-3-5-11-21(19)22/h2-5,8-11,16-17,22-23H,6-7,12-15H2,1H3,(H,27,32)(H,28,29)(H,30,31)/t16-,17-,23+/m1/s1. The highest BCUT2D eigenvalue weighted by atomic mass is 16.5. The van der Waals surface area contributed by atoms with Gasteiger partial charge in [0.2, 0.25) is 5.91 Å². The molecule has 0 radical (unpaired) electrons. The van der Waals surface area contributed by atoms with Crippen LogP contribution in [0.1, 0.15) is 36.3 Å². The Morgan fingerprint density at radius 1 is 1.03 bits per heavy atom. The Labute approximate surface area is 198 Å². The van der Waals surface area contributed by atoms with Crippen LogP contribution in [0, 0.1) is 11.8 Å². The van der Waals surface area contributed by atoms with Crippen LogP contribution in [0.5, 0.6) is 0 Å². The predicted octanol–water partition coefficient (Wildman–Crippen LogP) is 3.16. The Hall–Kier alpha value is -3.39. The maximum atomic E-state index is 12.6. The van der Waals surface area contributed by atoms with Gasteiger partial charge in [-0.25, -0.2) is 9.59 Å². The second kappa shape index (κ2) is 10.7. The van der Waals surface area contributed by atoms with Crippen LogP contribution in [0.15, 0.2) is 48.5 Å². The average Bonchev–Trinajstić information content (AvgIpc) is 3.44. The lowest BCUT2D eigenvalue weighted by Gasteiger charge is -2.22. The molecule has 2 aliphatic carbocycles. The van der Waals surface area contributed by atoms with Crippen molar-refractivity contribution < 1.29 is 29.0 Å². The molecule has 1 fully saturated rings. The molecule has 180 valence electrons. The second-order valence-electron chi connectivity index (χ2n) is 8.86. The molecule has 8 nitrogen and oxygen atoms in total. The van der Waals surface area contributed by atoms with Gasteiger partial charge in [-0.05, 0) is 41.0 Å². The molecule has 2 amide bonds. The number of carboxylic acid groups (broad SMARTS) is 1. The largest absolute Gasteiger partial charge is 0.480 e. The van der Waals surface area contributed by atoms with Crippen molar-refractivity contribution in [3.8, 4) is 11.1 Å². The number of fused-ring (bicyclic) bond motifs is 3. The number of benzene rings is 2. The number of carboxylic acids is 1. The number of rotatable bonds is 9. The maximum absolute atomic E-state index is 12.6. The monoisotopic (exact) mass is 466 g/mol. The Balaban J connectivity index is 1.30. The molecule has 8 heteroatoms. The minimum Gasteiger partial charge on any atom is -0.480 e. The van der Waals surface area contributed by atoms with Crippen LogP contribution < -0.4 is 10.6 Å². The summed E-state index contributed by atoms with van der Waals surface area (Å²) in [5.41, 5.74) is 4.63. The molecule has 0 unspecified atom stereocenters. The number of methoxy groups -OCH3 is 1. The summed E-state index contributed by atoms with van der Waals surface area (Å²) >= 11 is 0. The van der Waals surface area contributed by atoms with Crippen LogP contribution >= 0.6 is 0 Å².